The third-order valence-corrected chi connectivity index (χ3v) is 2.25. The van der Waals surface area contributed by atoms with Crippen LogP contribution in [0.25, 0.3) is 10.9 Å². The lowest BCUT2D eigenvalue weighted by atomic mass is 10.2. The Balaban J connectivity index is 2.53. The van der Waals surface area contributed by atoms with Gasteiger partial charge < -0.3 is 10.3 Å². The van der Waals surface area contributed by atoms with Gasteiger partial charge in [-0.25, -0.2) is 0 Å². The molecule has 0 radical (unpaired) electrons. The molecule has 14 heavy (non-hydrogen) atoms. The van der Waals surface area contributed by atoms with E-state index in [4.69, 9.17) is 11.6 Å². The number of benzene rings is 1. The zero-order valence-corrected chi connectivity index (χ0v) is 8.35. The fourth-order valence-corrected chi connectivity index (χ4v) is 1.68. The predicted octanol–water partition coefficient (Wildman–Crippen LogP) is 2.78. The van der Waals surface area contributed by atoms with Crippen LogP contribution >= 0.6 is 11.6 Å². The lowest BCUT2D eigenvalue weighted by Crippen LogP contribution is -2.05. The number of hydrogen-bond donors (Lipinski definition) is 2. The Kier molecular flexibility index (Phi) is 2.17. The van der Waals surface area contributed by atoms with Crippen LogP contribution in [0.5, 0.6) is 0 Å². The molecular formula is C10H9ClN2O. The van der Waals surface area contributed by atoms with Gasteiger partial charge in [0.05, 0.1) is 5.02 Å². The summed E-state index contributed by atoms with van der Waals surface area (Å²) in [6.07, 6.45) is 1.81. The number of rotatable bonds is 1. The predicted molar refractivity (Wildman–Crippen MR) is 57.6 cm³/mol. The van der Waals surface area contributed by atoms with E-state index in [-0.39, 0.29) is 5.91 Å². The van der Waals surface area contributed by atoms with E-state index in [0.29, 0.717) is 10.7 Å². The summed E-state index contributed by atoms with van der Waals surface area (Å²) in [7, 11) is 0. The first kappa shape index (κ1) is 9.09. The third-order valence-electron chi connectivity index (χ3n) is 1.94. The summed E-state index contributed by atoms with van der Waals surface area (Å²) in [5.74, 6) is -0.105. The number of anilines is 1. The highest BCUT2D eigenvalue weighted by atomic mass is 35.5. The van der Waals surface area contributed by atoms with Crippen LogP contribution in [-0.4, -0.2) is 10.9 Å². The molecule has 1 aromatic carbocycles. The van der Waals surface area contributed by atoms with Crippen LogP contribution < -0.4 is 5.32 Å². The number of aromatic amines is 1. The molecule has 1 heterocycles. The van der Waals surface area contributed by atoms with Crippen molar-refractivity contribution in [3.8, 4) is 0 Å². The van der Waals surface area contributed by atoms with Crippen molar-refractivity contribution in [3.63, 3.8) is 0 Å². The normalized spacial score (nSPS) is 10.4. The van der Waals surface area contributed by atoms with E-state index in [1.54, 1.807) is 6.07 Å². The Morgan fingerprint density at radius 3 is 3.00 bits per heavy atom. The van der Waals surface area contributed by atoms with Crippen LogP contribution in [0.15, 0.2) is 24.4 Å². The molecule has 0 aliphatic rings. The van der Waals surface area contributed by atoms with Gasteiger partial charge in [0.25, 0.3) is 0 Å². The highest BCUT2D eigenvalue weighted by Crippen LogP contribution is 2.26. The highest BCUT2D eigenvalue weighted by molar-refractivity contribution is 6.35. The SMILES string of the molecule is CC(=O)Nc1cc(Cl)c2cc[nH]c2c1. The van der Waals surface area contributed by atoms with Crippen molar-refractivity contribution in [2.24, 2.45) is 0 Å². The minimum Gasteiger partial charge on any atom is -0.361 e. The molecule has 2 aromatic rings. The second kappa shape index (κ2) is 3.35. The van der Waals surface area contributed by atoms with Crippen LogP contribution in [0.4, 0.5) is 5.69 Å². The highest BCUT2D eigenvalue weighted by Gasteiger charge is 2.03. The van der Waals surface area contributed by atoms with Crippen LogP contribution in [-0.2, 0) is 4.79 Å². The van der Waals surface area contributed by atoms with E-state index in [1.165, 1.54) is 6.92 Å². The summed E-state index contributed by atoms with van der Waals surface area (Å²) >= 11 is 6.02. The molecule has 2 N–H and O–H groups in total. The number of carbonyl (C=O) groups is 1. The third kappa shape index (κ3) is 1.59. The monoisotopic (exact) mass is 208 g/mol. The van der Waals surface area contributed by atoms with Crippen molar-refractivity contribution < 1.29 is 4.79 Å². The second-order valence-electron chi connectivity index (χ2n) is 3.08. The molecule has 0 unspecified atom stereocenters. The Hall–Kier alpha value is -1.48. The van der Waals surface area contributed by atoms with Crippen molar-refractivity contribution in [2.75, 3.05) is 5.32 Å². The largest absolute Gasteiger partial charge is 0.361 e. The molecule has 0 bridgehead atoms. The number of H-pyrrole nitrogens is 1. The van der Waals surface area contributed by atoms with Crippen LogP contribution in [0, 0.1) is 0 Å². The van der Waals surface area contributed by atoms with Gasteiger partial charge >= 0.3 is 0 Å². The van der Waals surface area contributed by atoms with Gasteiger partial charge in [0.2, 0.25) is 5.91 Å². The second-order valence-corrected chi connectivity index (χ2v) is 3.49. The molecule has 1 aromatic heterocycles. The van der Waals surface area contributed by atoms with E-state index in [2.05, 4.69) is 10.3 Å². The lowest BCUT2D eigenvalue weighted by Gasteiger charge is -2.03. The molecule has 72 valence electrons. The maximum atomic E-state index is 10.8. The van der Waals surface area contributed by atoms with Crippen molar-refractivity contribution in [2.45, 2.75) is 6.92 Å². The first-order valence-corrected chi connectivity index (χ1v) is 4.59. The molecular weight excluding hydrogens is 200 g/mol. The maximum absolute atomic E-state index is 10.8. The average Bonchev–Trinajstić information content (AvgIpc) is 2.50. The van der Waals surface area contributed by atoms with Gasteiger partial charge in [-0.2, -0.15) is 0 Å². The number of carbonyl (C=O) groups excluding carboxylic acids is 1. The summed E-state index contributed by atoms with van der Waals surface area (Å²) in [6, 6.07) is 5.48. The molecule has 1 amide bonds. The molecule has 0 saturated carbocycles. The van der Waals surface area contributed by atoms with Crippen molar-refractivity contribution >= 4 is 34.1 Å². The number of fused-ring (bicyclic) bond motifs is 1. The van der Waals surface area contributed by atoms with Gasteiger partial charge in [0.15, 0.2) is 0 Å². The molecule has 0 aliphatic heterocycles. The molecule has 2 rings (SSSR count). The molecule has 0 spiro atoms. The van der Waals surface area contributed by atoms with E-state index in [1.807, 2.05) is 18.3 Å². The number of hydrogen-bond acceptors (Lipinski definition) is 1. The van der Waals surface area contributed by atoms with Gasteiger partial charge in [-0.1, -0.05) is 11.6 Å². The Morgan fingerprint density at radius 1 is 1.50 bits per heavy atom. The fraction of sp³-hybridized carbons (Fsp3) is 0.100. The minimum atomic E-state index is -0.105. The van der Waals surface area contributed by atoms with Crippen LogP contribution in [0.1, 0.15) is 6.92 Å². The van der Waals surface area contributed by atoms with Gasteiger partial charge in [0, 0.05) is 29.7 Å². The molecule has 0 saturated heterocycles. The minimum absolute atomic E-state index is 0.105. The van der Waals surface area contributed by atoms with E-state index < -0.39 is 0 Å². The number of nitrogens with one attached hydrogen (secondary N) is 2. The van der Waals surface area contributed by atoms with Crippen molar-refractivity contribution in [1.82, 2.24) is 4.98 Å². The quantitative estimate of drug-likeness (QED) is 0.744. The number of aromatic nitrogens is 1. The summed E-state index contributed by atoms with van der Waals surface area (Å²) in [5, 5.41) is 4.28. The van der Waals surface area contributed by atoms with Crippen LogP contribution in [0.3, 0.4) is 0 Å². The first-order chi connectivity index (χ1) is 6.66. The van der Waals surface area contributed by atoms with Crippen molar-refractivity contribution in [3.05, 3.63) is 29.4 Å². The standard InChI is InChI=1S/C10H9ClN2O/c1-6(14)13-7-4-9(11)8-2-3-12-10(8)5-7/h2-5,12H,1H3,(H,13,14). The molecule has 0 fully saturated rings. The first-order valence-electron chi connectivity index (χ1n) is 4.21. The molecule has 4 heteroatoms. The summed E-state index contributed by atoms with van der Waals surface area (Å²) in [6.45, 7) is 1.47. The fourth-order valence-electron chi connectivity index (χ4n) is 1.40. The van der Waals surface area contributed by atoms with E-state index >= 15 is 0 Å². The zero-order chi connectivity index (χ0) is 10.1. The van der Waals surface area contributed by atoms with Crippen LogP contribution in [0.2, 0.25) is 5.02 Å². The zero-order valence-electron chi connectivity index (χ0n) is 7.60. The van der Waals surface area contributed by atoms with Gasteiger partial charge in [-0.3, -0.25) is 4.79 Å². The number of amides is 1. The molecule has 0 aliphatic carbocycles. The smallest absolute Gasteiger partial charge is 0.221 e. The summed E-state index contributed by atoms with van der Waals surface area (Å²) in [4.78, 5) is 13.9. The van der Waals surface area contributed by atoms with E-state index in [9.17, 15) is 4.79 Å². The Morgan fingerprint density at radius 2 is 2.29 bits per heavy atom. The number of halogens is 1. The Labute approximate surface area is 86.1 Å². The summed E-state index contributed by atoms with van der Waals surface area (Å²) in [5.41, 5.74) is 1.62. The van der Waals surface area contributed by atoms with Gasteiger partial charge in [-0.05, 0) is 18.2 Å². The molecule has 0 atom stereocenters. The van der Waals surface area contributed by atoms with Crippen molar-refractivity contribution in [1.29, 1.82) is 0 Å². The topological polar surface area (TPSA) is 44.9 Å². The molecule has 3 nitrogen and oxygen atoms in total. The van der Waals surface area contributed by atoms with Gasteiger partial charge in [-0.15, -0.1) is 0 Å². The van der Waals surface area contributed by atoms with E-state index in [0.717, 1.165) is 10.9 Å². The Bertz CT molecular complexity index is 490. The lowest BCUT2D eigenvalue weighted by molar-refractivity contribution is -0.114. The van der Waals surface area contributed by atoms with Gasteiger partial charge in [0.1, 0.15) is 0 Å². The average molecular weight is 209 g/mol. The maximum Gasteiger partial charge on any atom is 0.221 e. The summed E-state index contributed by atoms with van der Waals surface area (Å²) < 4.78 is 0.